The number of aromatic nitrogens is 1. The molecule has 0 bridgehead atoms. The molecule has 2 aromatic rings. The molecule has 0 unspecified atom stereocenters. The van der Waals surface area contributed by atoms with Gasteiger partial charge in [-0.25, -0.2) is 4.98 Å². The third kappa shape index (κ3) is 16.0. The Bertz CT molecular complexity index is 1720. The second-order valence-corrected chi connectivity index (χ2v) is 19.0. The molecular weight excluding hydrogens is 807 g/mol. The fourth-order valence-corrected chi connectivity index (χ4v) is 9.05. The molecule has 1 aromatic heterocycles. The largest absolute Gasteiger partial charge is 0.481 e. The van der Waals surface area contributed by atoms with Gasteiger partial charge in [-0.1, -0.05) is 78.9 Å². The van der Waals surface area contributed by atoms with E-state index in [-0.39, 0.29) is 66.2 Å². The number of nitrogens with zero attached hydrogens (tertiary/aromatic N) is 3. The molecule has 0 saturated carbocycles. The molecular formula is C47H77N7O7S. The SMILES string of the molecule is CCCCCCN(C(=O)[C@@H](NC(=O)[C@H]1CCCCN1C)[C@@H](C)CC)[C@H](C[C@@H](COCC)c1nc(C(=O)N[C@@H](Cc2ccc(NC(=O)CN)cc2)CC(C)(C)C(=O)O)cs1)C(C)C. The van der Waals surface area contributed by atoms with E-state index in [1.807, 2.05) is 37.9 Å². The highest BCUT2D eigenvalue weighted by Gasteiger charge is 2.38. The van der Waals surface area contributed by atoms with Crippen LogP contribution in [0, 0.1) is 17.3 Å². The summed E-state index contributed by atoms with van der Waals surface area (Å²) in [5.41, 5.74) is 5.97. The van der Waals surface area contributed by atoms with Gasteiger partial charge >= 0.3 is 5.97 Å². The second kappa shape index (κ2) is 26.0. The molecule has 2 heterocycles. The van der Waals surface area contributed by atoms with Crippen LogP contribution in [-0.2, 0) is 30.3 Å². The number of likely N-dealkylation sites (tertiary alicyclic amines) is 1. The number of nitrogens with one attached hydrogen (secondary N) is 3. The van der Waals surface area contributed by atoms with Gasteiger partial charge in [0.2, 0.25) is 17.7 Å². The molecule has 62 heavy (non-hydrogen) atoms. The molecule has 0 aliphatic carbocycles. The minimum Gasteiger partial charge on any atom is -0.481 e. The summed E-state index contributed by atoms with van der Waals surface area (Å²) in [6, 6.07) is 5.49. The second-order valence-electron chi connectivity index (χ2n) is 18.1. The van der Waals surface area contributed by atoms with Crippen molar-refractivity contribution in [3.05, 3.63) is 45.9 Å². The number of aliphatic carboxylic acids is 1. The molecule has 1 saturated heterocycles. The molecule has 6 N–H and O–H groups in total. The smallest absolute Gasteiger partial charge is 0.309 e. The van der Waals surface area contributed by atoms with Crippen LogP contribution in [0.2, 0.25) is 0 Å². The topological polar surface area (TPSA) is 196 Å². The Labute approximate surface area is 374 Å². The van der Waals surface area contributed by atoms with Crippen molar-refractivity contribution in [3.63, 3.8) is 0 Å². The van der Waals surface area contributed by atoms with E-state index in [1.54, 1.807) is 31.4 Å². The van der Waals surface area contributed by atoms with E-state index in [4.69, 9.17) is 15.5 Å². The van der Waals surface area contributed by atoms with Crippen LogP contribution in [-0.4, -0.2) is 114 Å². The van der Waals surface area contributed by atoms with Gasteiger partial charge in [0, 0.05) is 42.2 Å². The summed E-state index contributed by atoms with van der Waals surface area (Å²) < 4.78 is 6.05. The van der Waals surface area contributed by atoms with Crippen molar-refractivity contribution in [1.29, 1.82) is 0 Å². The summed E-state index contributed by atoms with van der Waals surface area (Å²) in [4.78, 5) is 75.7. The Morgan fingerprint density at radius 3 is 2.34 bits per heavy atom. The maximum atomic E-state index is 15.0. The van der Waals surface area contributed by atoms with Gasteiger partial charge in [0.05, 0.1) is 29.6 Å². The van der Waals surface area contributed by atoms with Crippen molar-refractivity contribution in [2.45, 2.75) is 156 Å². The van der Waals surface area contributed by atoms with Gasteiger partial charge in [-0.3, -0.25) is 28.9 Å². The molecule has 3 rings (SSSR count). The third-order valence-corrected chi connectivity index (χ3v) is 13.3. The van der Waals surface area contributed by atoms with E-state index in [0.717, 1.165) is 68.5 Å². The van der Waals surface area contributed by atoms with Crippen molar-refractivity contribution in [2.24, 2.45) is 23.0 Å². The van der Waals surface area contributed by atoms with E-state index in [0.29, 0.717) is 38.3 Å². The number of anilines is 1. The van der Waals surface area contributed by atoms with Crippen LogP contribution in [0.3, 0.4) is 0 Å². The van der Waals surface area contributed by atoms with Crippen molar-refractivity contribution < 1.29 is 33.8 Å². The normalized spacial score (nSPS) is 17.1. The summed E-state index contributed by atoms with van der Waals surface area (Å²) >= 11 is 1.38. The lowest BCUT2D eigenvalue weighted by Gasteiger charge is -2.40. The predicted octanol–water partition coefficient (Wildman–Crippen LogP) is 6.84. The van der Waals surface area contributed by atoms with Crippen LogP contribution in [0.15, 0.2) is 29.6 Å². The number of carbonyl (C=O) groups is 5. The van der Waals surface area contributed by atoms with Crippen LogP contribution in [0.25, 0.3) is 0 Å². The lowest BCUT2D eigenvalue weighted by Crippen LogP contribution is -2.59. The highest BCUT2D eigenvalue weighted by Crippen LogP contribution is 2.32. The maximum Gasteiger partial charge on any atom is 0.309 e. The first-order valence-corrected chi connectivity index (χ1v) is 23.8. The average molecular weight is 884 g/mol. The Morgan fingerprint density at radius 1 is 1.03 bits per heavy atom. The van der Waals surface area contributed by atoms with Crippen LogP contribution in [0.1, 0.15) is 147 Å². The molecule has 348 valence electrons. The number of hydrogen-bond donors (Lipinski definition) is 5. The maximum absolute atomic E-state index is 15.0. The predicted molar refractivity (Wildman–Crippen MR) is 247 cm³/mol. The first-order chi connectivity index (χ1) is 29.5. The van der Waals surface area contributed by atoms with Crippen molar-refractivity contribution in [1.82, 2.24) is 25.4 Å². The number of carbonyl (C=O) groups excluding carboxylic acids is 4. The van der Waals surface area contributed by atoms with Crippen LogP contribution >= 0.6 is 11.3 Å². The summed E-state index contributed by atoms with van der Waals surface area (Å²) in [6.07, 6.45) is 8.61. The number of thiazole rings is 1. The first kappa shape index (κ1) is 52.4. The van der Waals surface area contributed by atoms with Gasteiger partial charge in [0.25, 0.3) is 5.91 Å². The quantitative estimate of drug-likeness (QED) is 0.0593. The number of hydrogen-bond acceptors (Lipinski definition) is 10. The lowest BCUT2D eigenvalue weighted by molar-refractivity contribution is -0.147. The van der Waals surface area contributed by atoms with Crippen molar-refractivity contribution in [3.8, 4) is 0 Å². The summed E-state index contributed by atoms with van der Waals surface area (Å²) in [5.74, 6) is -2.07. The lowest BCUT2D eigenvalue weighted by atomic mass is 9.84. The molecule has 14 nitrogen and oxygen atoms in total. The zero-order valence-corrected chi connectivity index (χ0v) is 39.8. The number of carboxylic acid groups (broad SMARTS) is 1. The van der Waals surface area contributed by atoms with Crippen molar-refractivity contribution in [2.75, 3.05) is 45.2 Å². The van der Waals surface area contributed by atoms with E-state index >= 15 is 0 Å². The molecule has 6 atom stereocenters. The number of rotatable bonds is 27. The van der Waals surface area contributed by atoms with E-state index in [9.17, 15) is 29.1 Å². The van der Waals surface area contributed by atoms with Crippen LogP contribution < -0.4 is 21.7 Å². The van der Waals surface area contributed by atoms with Gasteiger partial charge < -0.3 is 36.4 Å². The molecule has 1 aliphatic rings. The van der Waals surface area contributed by atoms with E-state index < -0.39 is 29.4 Å². The van der Waals surface area contributed by atoms with Gasteiger partial charge in [-0.2, -0.15) is 0 Å². The fourth-order valence-electron chi connectivity index (χ4n) is 8.15. The average Bonchev–Trinajstić information content (AvgIpc) is 3.74. The fraction of sp³-hybridized carbons (Fsp3) is 0.702. The number of unbranched alkanes of at least 4 members (excludes halogenated alkanes) is 3. The first-order valence-electron chi connectivity index (χ1n) is 22.9. The molecule has 1 aliphatic heterocycles. The Balaban J connectivity index is 1.92. The molecule has 1 fully saturated rings. The number of nitrogens with two attached hydrogens (primary N) is 1. The zero-order chi connectivity index (χ0) is 46.0. The van der Waals surface area contributed by atoms with E-state index in [1.165, 1.54) is 11.3 Å². The molecule has 1 aromatic carbocycles. The molecule has 0 spiro atoms. The third-order valence-electron chi connectivity index (χ3n) is 12.3. The van der Waals surface area contributed by atoms with Gasteiger partial charge in [0.15, 0.2) is 0 Å². The van der Waals surface area contributed by atoms with Gasteiger partial charge in [-0.15, -0.1) is 11.3 Å². The number of likely N-dealkylation sites (N-methyl/N-ethyl adjacent to an activating group) is 1. The van der Waals surface area contributed by atoms with E-state index in [2.05, 4.69) is 48.5 Å². The van der Waals surface area contributed by atoms with Gasteiger partial charge in [0.1, 0.15) is 11.7 Å². The summed E-state index contributed by atoms with van der Waals surface area (Å²) in [5, 5.41) is 21.5. The molecule has 0 radical (unpaired) electrons. The Kier molecular flexibility index (Phi) is 22.0. The molecule has 15 heteroatoms. The standard InChI is InChI=1S/C47H77N7O7S/c1-10-13-14-16-24-54(45(58)41(32(6)11-2)52-43(57)38-18-15-17-23-53(38)9)39(31(4)5)26-34(29-61-12-3)44-51-37(30-62-44)42(56)50-36(27-47(7,8)46(59)60)25-33-19-21-35(22-20-33)49-40(55)28-48/h19-22,30-32,34,36,38-39,41H,10-18,23-29,48H2,1-9H3,(H,49,55)(H,50,56)(H,52,57)(H,59,60)/t32-,34-,36-,38+,39+,41-/m0/s1. The zero-order valence-electron chi connectivity index (χ0n) is 39.0. The van der Waals surface area contributed by atoms with Gasteiger partial charge in [-0.05, 0) is 102 Å². The Morgan fingerprint density at radius 2 is 1.74 bits per heavy atom. The minimum atomic E-state index is -1.13. The van der Waals surface area contributed by atoms with Crippen molar-refractivity contribution >= 4 is 46.6 Å². The Hall–Kier alpha value is -3.92. The highest BCUT2D eigenvalue weighted by atomic mass is 32.1. The number of ether oxygens (including phenoxy) is 1. The number of carboxylic acids is 1. The number of benzene rings is 1. The number of amides is 4. The monoisotopic (exact) mass is 884 g/mol. The summed E-state index contributed by atoms with van der Waals surface area (Å²) in [6.45, 7) is 17.9. The minimum absolute atomic E-state index is 0.0546. The number of piperidine rings is 1. The molecule has 4 amide bonds. The van der Waals surface area contributed by atoms with Crippen LogP contribution in [0.5, 0.6) is 0 Å². The highest BCUT2D eigenvalue weighted by molar-refractivity contribution is 7.09. The summed E-state index contributed by atoms with van der Waals surface area (Å²) in [7, 11) is 1.98. The van der Waals surface area contributed by atoms with Crippen LogP contribution in [0.4, 0.5) is 5.69 Å².